The van der Waals surface area contributed by atoms with E-state index in [2.05, 4.69) is 10.6 Å². The molecule has 0 saturated carbocycles. The Bertz CT molecular complexity index is 428. The van der Waals surface area contributed by atoms with Crippen molar-refractivity contribution in [2.45, 2.75) is 33.6 Å². The van der Waals surface area contributed by atoms with E-state index < -0.39 is 0 Å². The molecular formula is C13H18N2O2. The van der Waals surface area contributed by atoms with Crippen molar-refractivity contribution in [1.29, 1.82) is 0 Å². The lowest BCUT2D eigenvalue weighted by Gasteiger charge is -2.18. The van der Waals surface area contributed by atoms with Crippen LogP contribution in [0.3, 0.4) is 0 Å². The Labute approximate surface area is 101 Å². The van der Waals surface area contributed by atoms with Gasteiger partial charge in [-0.25, -0.2) is 0 Å². The Kier molecular flexibility index (Phi) is 4.69. The Morgan fingerprint density at radius 1 is 1.06 bits per heavy atom. The van der Waals surface area contributed by atoms with Crippen molar-refractivity contribution in [1.82, 2.24) is 0 Å². The molecule has 0 unspecified atom stereocenters. The van der Waals surface area contributed by atoms with E-state index in [1.165, 1.54) is 0 Å². The quantitative estimate of drug-likeness (QED) is 0.742. The van der Waals surface area contributed by atoms with Crippen LogP contribution in [0.15, 0.2) is 6.07 Å². The maximum Gasteiger partial charge on any atom is 0.211 e. The molecule has 0 aliphatic rings. The molecule has 0 heterocycles. The Morgan fingerprint density at radius 3 is 2.12 bits per heavy atom. The Morgan fingerprint density at radius 2 is 1.65 bits per heavy atom. The number of hydrogen-bond donors (Lipinski definition) is 2. The summed E-state index contributed by atoms with van der Waals surface area (Å²) < 4.78 is 0. The fourth-order valence-corrected chi connectivity index (χ4v) is 2.09. The largest absolute Gasteiger partial charge is 0.328 e. The van der Waals surface area contributed by atoms with Gasteiger partial charge in [0.25, 0.3) is 0 Å². The van der Waals surface area contributed by atoms with Crippen LogP contribution in [-0.4, -0.2) is 12.8 Å². The standard InChI is InChI=1S/C13H18N2O2/c1-4-10-6-9(3)12(14-7-16)11(5-2)13(10)15-8-17/h6-8H,4-5H2,1-3H3,(H,14,16)(H,15,17). The summed E-state index contributed by atoms with van der Waals surface area (Å²) in [7, 11) is 0. The van der Waals surface area contributed by atoms with E-state index in [-0.39, 0.29) is 0 Å². The Balaban J connectivity index is 3.46. The molecule has 4 heteroatoms. The molecule has 0 saturated heterocycles. The van der Waals surface area contributed by atoms with Crippen LogP contribution in [0.2, 0.25) is 0 Å². The first-order valence-electron chi connectivity index (χ1n) is 5.75. The molecule has 0 radical (unpaired) electrons. The molecule has 92 valence electrons. The first-order chi connectivity index (χ1) is 8.19. The summed E-state index contributed by atoms with van der Waals surface area (Å²) in [4.78, 5) is 21.3. The molecule has 4 nitrogen and oxygen atoms in total. The zero-order valence-corrected chi connectivity index (χ0v) is 10.5. The molecule has 1 aromatic rings. The first-order valence-corrected chi connectivity index (χ1v) is 5.75. The van der Waals surface area contributed by atoms with Gasteiger partial charge >= 0.3 is 0 Å². The van der Waals surface area contributed by atoms with Crippen LogP contribution in [0, 0.1) is 6.92 Å². The number of hydrogen-bond acceptors (Lipinski definition) is 2. The second kappa shape index (κ2) is 6.03. The fourth-order valence-electron chi connectivity index (χ4n) is 2.09. The molecule has 0 aliphatic carbocycles. The third-order valence-electron chi connectivity index (χ3n) is 2.85. The zero-order chi connectivity index (χ0) is 12.8. The average molecular weight is 234 g/mol. The van der Waals surface area contributed by atoms with E-state index in [0.29, 0.717) is 12.8 Å². The van der Waals surface area contributed by atoms with Gasteiger partial charge in [-0.15, -0.1) is 0 Å². The van der Waals surface area contributed by atoms with Gasteiger partial charge < -0.3 is 10.6 Å². The van der Waals surface area contributed by atoms with Crippen molar-refractivity contribution in [2.75, 3.05) is 10.6 Å². The van der Waals surface area contributed by atoms with Gasteiger partial charge in [-0.05, 0) is 36.5 Å². The summed E-state index contributed by atoms with van der Waals surface area (Å²) >= 11 is 0. The molecule has 1 rings (SSSR count). The monoisotopic (exact) mass is 234 g/mol. The van der Waals surface area contributed by atoms with Crippen molar-refractivity contribution in [2.24, 2.45) is 0 Å². The summed E-state index contributed by atoms with van der Waals surface area (Å²) in [5.74, 6) is 0. The van der Waals surface area contributed by atoms with Crippen LogP contribution in [0.4, 0.5) is 11.4 Å². The number of carbonyl (C=O) groups is 2. The highest BCUT2D eigenvalue weighted by molar-refractivity contribution is 5.85. The van der Waals surface area contributed by atoms with Crippen LogP contribution < -0.4 is 10.6 Å². The van der Waals surface area contributed by atoms with Crippen LogP contribution >= 0.6 is 0 Å². The van der Waals surface area contributed by atoms with E-state index in [0.717, 1.165) is 40.9 Å². The van der Waals surface area contributed by atoms with Crippen molar-refractivity contribution in [3.05, 3.63) is 22.8 Å². The van der Waals surface area contributed by atoms with Gasteiger partial charge in [-0.1, -0.05) is 19.9 Å². The zero-order valence-electron chi connectivity index (χ0n) is 10.5. The van der Waals surface area contributed by atoms with E-state index in [9.17, 15) is 9.59 Å². The third kappa shape index (κ3) is 2.64. The lowest BCUT2D eigenvalue weighted by atomic mass is 9.97. The summed E-state index contributed by atoms with van der Waals surface area (Å²) in [6.45, 7) is 5.99. The van der Waals surface area contributed by atoms with Gasteiger partial charge in [0.1, 0.15) is 0 Å². The maximum atomic E-state index is 10.7. The van der Waals surface area contributed by atoms with Gasteiger partial charge in [0.15, 0.2) is 0 Å². The fraction of sp³-hybridized carbons (Fsp3) is 0.385. The lowest BCUT2D eigenvalue weighted by molar-refractivity contribution is -0.106. The number of nitrogens with one attached hydrogen (secondary N) is 2. The van der Waals surface area contributed by atoms with Gasteiger partial charge in [-0.3, -0.25) is 9.59 Å². The van der Waals surface area contributed by atoms with E-state index in [4.69, 9.17) is 0 Å². The number of aryl methyl sites for hydroxylation is 2. The van der Waals surface area contributed by atoms with Crippen molar-refractivity contribution in [3.63, 3.8) is 0 Å². The molecule has 0 aliphatic heterocycles. The molecule has 0 atom stereocenters. The topological polar surface area (TPSA) is 58.2 Å². The number of rotatable bonds is 6. The second-order valence-corrected chi connectivity index (χ2v) is 3.81. The summed E-state index contributed by atoms with van der Waals surface area (Å²) in [6, 6.07) is 2.00. The smallest absolute Gasteiger partial charge is 0.211 e. The third-order valence-corrected chi connectivity index (χ3v) is 2.85. The minimum Gasteiger partial charge on any atom is -0.328 e. The molecule has 2 amide bonds. The van der Waals surface area contributed by atoms with Gasteiger partial charge in [0.05, 0.1) is 0 Å². The molecule has 0 bridgehead atoms. The summed E-state index contributed by atoms with van der Waals surface area (Å²) in [5, 5.41) is 5.45. The molecule has 1 aromatic carbocycles. The number of benzene rings is 1. The predicted octanol–water partition coefficient (Wildman–Crippen LogP) is 2.26. The van der Waals surface area contributed by atoms with Gasteiger partial charge in [0.2, 0.25) is 12.8 Å². The van der Waals surface area contributed by atoms with Gasteiger partial charge in [0, 0.05) is 11.4 Å². The van der Waals surface area contributed by atoms with E-state index in [1.807, 2.05) is 26.8 Å². The van der Waals surface area contributed by atoms with Crippen LogP contribution in [-0.2, 0) is 22.4 Å². The summed E-state index contributed by atoms with van der Waals surface area (Å²) in [5.41, 5.74) is 4.69. The minimum absolute atomic E-state index is 0.664. The minimum atomic E-state index is 0.664. The first kappa shape index (κ1) is 13.2. The molecule has 2 N–H and O–H groups in total. The van der Waals surface area contributed by atoms with Crippen LogP contribution in [0.5, 0.6) is 0 Å². The van der Waals surface area contributed by atoms with E-state index >= 15 is 0 Å². The Hall–Kier alpha value is -1.84. The normalized spacial score (nSPS) is 9.82. The summed E-state index contributed by atoms with van der Waals surface area (Å²) in [6.07, 6.45) is 2.93. The highest BCUT2D eigenvalue weighted by atomic mass is 16.1. The van der Waals surface area contributed by atoms with Crippen LogP contribution in [0.1, 0.15) is 30.5 Å². The highest BCUT2D eigenvalue weighted by Gasteiger charge is 2.13. The highest BCUT2D eigenvalue weighted by Crippen LogP contribution is 2.32. The molecule has 0 fully saturated rings. The number of amides is 2. The van der Waals surface area contributed by atoms with Crippen LogP contribution in [0.25, 0.3) is 0 Å². The molecule has 0 spiro atoms. The SMILES string of the molecule is CCc1cc(C)c(NC=O)c(CC)c1NC=O. The van der Waals surface area contributed by atoms with Crippen molar-refractivity contribution in [3.8, 4) is 0 Å². The number of anilines is 2. The number of carbonyl (C=O) groups excluding carboxylic acids is 2. The average Bonchev–Trinajstić information content (AvgIpc) is 2.33. The maximum absolute atomic E-state index is 10.7. The molecule has 17 heavy (non-hydrogen) atoms. The van der Waals surface area contributed by atoms with Gasteiger partial charge in [-0.2, -0.15) is 0 Å². The van der Waals surface area contributed by atoms with Crippen molar-refractivity contribution < 1.29 is 9.59 Å². The lowest BCUT2D eigenvalue weighted by Crippen LogP contribution is -2.08. The molecule has 0 aromatic heterocycles. The molecular weight excluding hydrogens is 216 g/mol. The second-order valence-electron chi connectivity index (χ2n) is 3.81. The van der Waals surface area contributed by atoms with E-state index in [1.54, 1.807) is 0 Å². The van der Waals surface area contributed by atoms with Crippen molar-refractivity contribution >= 4 is 24.2 Å². The predicted molar refractivity (Wildman–Crippen MR) is 69.3 cm³/mol.